The standard InChI is InChI=1S/C38H54O8Si/c1-9-27(39)29-24(5)31(40)35(8)20-21-36-23-37(46-47(10-2,11-3)12-4)28(34(6,7)44-33(37)41)19-18-26(36)32(38(42,45-36)30(29)35)43-22-25-16-14-13-15-17-25/h9,13-18,24,27-30,32,39,42H,1,10-12,19-23H2,2-8H3/t24-,27-,28-,29+,30-,32-,35-,36-,37+,38-/m0/s1. The number of hydrogen-bond acceptors (Lipinski definition) is 8. The number of esters is 1. The van der Waals surface area contributed by atoms with Gasteiger partial charge in [0, 0.05) is 35.5 Å². The fourth-order valence-electron chi connectivity index (χ4n) is 10.4. The van der Waals surface area contributed by atoms with Gasteiger partial charge in [0.05, 0.1) is 18.3 Å². The maximum Gasteiger partial charge on any atom is 0.338 e. The number of cyclic esters (lactones) is 1. The van der Waals surface area contributed by atoms with Gasteiger partial charge in [0.15, 0.2) is 13.9 Å². The third-order valence-electron chi connectivity index (χ3n) is 13.1. The molecule has 9 heteroatoms. The number of fused-ring (bicyclic) bond motifs is 4. The number of Topliss-reactive ketones (excluding diaryl/α,β-unsaturated/α-hetero) is 1. The molecule has 0 radical (unpaired) electrons. The van der Waals surface area contributed by atoms with Crippen LogP contribution in [-0.4, -0.2) is 65.1 Å². The molecule has 258 valence electrons. The molecular formula is C38H54O8Si. The molecule has 0 unspecified atom stereocenters. The van der Waals surface area contributed by atoms with Gasteiger partial charge in [-0.2, -0.15) is 0 Å². The minimum Gasteiger partial charge on any atom is -0.457 e. The second kappa shape index (κ2) is 11.7. The molecule has 3 heterocycles. The summed E-state index contributed by atoms with van der Waals surface area (Å²) in [4.78, 5) is 28.6. The van der Waals surface area contributed by atoms with Crippen LogP contribution in [0.15, 0.2) is 54.6 Å². The van der Waals surface area contributed by atoms with Gasteiger partial charge in [0.1, 0.15) is 17.5 Å². The van der Waals surface area contributed by atoms with Gasteiger partial charge in [0.2, 0.25) is 5.79 Å². The number of allylic oxidation sites excluding steroid dienone is 1. The van der Waals surface area contributed by atoms with Gasteiger partial charge in [-0.3, -0.25) is 4.79 Å². The van der Waals surface area contributed by atoms with Gasteiger partial charge in [-0.05, 0) is 62.4 Å². The third kappa shape index (κ3) is 4.93. The Balaban J connectivity index is 1.54. The topological polar surface area (TPSA) is 112 Å². The highest BCUT2D eigenvalue weighted by atomic mass is 28.4. The molecular weight excluding hydrogens is 612 g/mol. The molecule has 1 aromatic carbocycles. The molecule has 2 N–H and O–H groups in total. The van der Waals surface area contributed by atoms with Crippen molar-refractivity contribution in [2.24, 2.45) is 29.1 Å². The second-order valence-electron chi connectivity index (χ2n) is 15.7. The van der Waals surface area contributed by atoms with E-state index in [9.17, 15) is 19.8 Å². The molecule has 3 saturated heterocycles. The number of hydrogen-bond donors (Lipinski definition) is 2. The summed E-state index contributed by atoms with van der Waals surface area (Å²) in [5, 5.41) is 24.5. The van der Waals surface area contributed by atoms with Gasteiger partial charge >= 0.3 is 5.97 Å². The van der Waals surface area contributed by atoms with Crippen LogP contribution < -0.4 is 0 Å². The van der Waals surface area contributed by atoms with Crippen molar-refractivity contribution in [3.8, 4) is 0 Å². The molecule has 1 aromatic rings. The minimum absolute atomic E-state index is 0.00467. The number of carbonyl (C=O) groups excluding carboxylic acids is 2. The first-order valence-electron chi connectivity index (χ1n) is 17.7. The van der Waals surface area contributed by atoms with Crippen LogP contribution >= 0.6 is 0 Å². The Labute approximate surface area is 281 Å². The average molecular weight is 667 g/mol. The Morgan fingerprint density at radius 3 is 2.36 bits per heavy atom. The monoisotopic (exact) mass is 666 g/mol. The van der Waals surface area contributed by atoms with Crippen molar-refractivity contribution >= 4 is 20.1 Å². The van der Waals surface area contributed by atoms with Crippen LogP contribution in [0.1, 0.15) is 79.7 Å². The molecule has 4 fully saturated rings. The fraction of sp³-hybridized carbons (Fsp3) is 0.684. The second-order valence-corrected chi connectivity index (χ2v) is 20.4. The molecule has 47 heavy (non-hydrogen) atoms. The number of aliphatic hydroxyl groups is 2. The summed E-state index contributed by atoms with van der Waals surface area (Å²) in [6.07, 6.45) is 3.05. The lowest BCUT2D eigenvalue weighted by atomic mass is 9.63. The van der Waals surface area contributed by atoms with E-state index < -0.39 is 66.3 Å². The van der Waals surface area contributed by atoms with E-state index >= 15 is 0 Å². The van der Waals surface area contributed by atoms with Crippen molar-refractivity contribution in [2.75, 3.05) is 0 Å². The van der Waals surface area contributed by atoms with Crippen LogP contribution in [0, 0.1) is 29.1 Å². The smallest absolute Gasteiger partial charge is 0.338 e. The summed E-state index contributed by atoms with van der Waals surface area (Å²) in [5.74, 6) is -4.57. The van der Waals surface area contributed by atoms with Crippen molar-refractivity contribution in [1.29, 1.82) is 0 Å². The first kappa shape index (κ1) is 34.7. The first-order valence-corrected chi connectivity index (χ1v) is 20.2. The Hall–Kier alpha value is -2.14. The van der Waals surface area contributed by atoms with Crippen LogP contribution in [0.4, 0.5) is 0 Å². The molecule has 0 amide bonds. The predicted octanol–water partition coefficient (Wildman–Crippen LogP) is 6.26. The summed E-state index contributed by atoms with van der Waals surface area (Å²) in [7, 11) is -2.38. The zero-order valence-electron chi connectivity index (χ0n) is 29.2. The molecule has 1 spiro atoms. The quantitative estimate of drug-likeness (QED) is 0.171. The summed E-state index contributed by atoms with van der Waals surface area (Å²) < 4.78 is 27.4. The maximum atomic E-state index is 14.4. The molecule has 8 nitrogen and oxygen atoms in total. The number of rotatable bonds is 10. The van der Waals surface area contributed by atoms with E-state index in [0.29, 0.717) is 19.3 Å². The summed E-state index contributed by atoms with van der Waals surface area (Å²) in [6.45, 7) is 18.2. The Morgan fingerprint density at radius 2 is 1.74 bits per heavy atom. The van der Waals surface area contributed by atoms with E-state index in [1.165, 1.54) is 6.08 Å². The number of ether oxygens (including phenoxy) is 3. The van der Waals surface area contributed by atoms with Gasteiger partial charge < -0.3 is 28.8 Å². The molecule has 10 atom stereocenters. The van der Waals surface area contributed by atoms with E-state index in [1.54, 1.807) is 0 Å². The molecule has 3 aliphatic heterocycles. The summed E-state index contributed by atoms with van der Waals surface area (Å²) in [6, 6.07) is 12.4. The van der Waals surface area contributed by atoms with Crippen LogP contribution in [-0.2, 0) is 34.8 Å². The van der Waals surface area contributed by atoms with E-state index in [1.807, 2.05) is 58.0 Å². The largest absolute Gasteiger partial charge is 0.457 e. The molecule has 1 saturated carbocycles. The van der Waals surface area contributed by atoms with Crippen molar-refractivity contribution in [3.63, 3.8) is 0 Å². The zero-order valence-corrected chi connectivity index (χ0v) is 30.2. The molecule has 2 bridgehead atoms. The lowest BCUT2D eigenvalue weighted by Gasteiger charge is -2.45. The highest BCUT2D eigenvalue weighted by molar-refractivity contribution is 6.73. The van der Waals surface area contributed by atoms with Crippen molar-refractivity contribution in [3.05, 3.63) is 60.2 Å². The number of benzene rings is 1. The lowest BCUT2D eigenvalue weighted by molar-refractivity contribution is -0.301. The third-order valence-corrected chi connectivity index (χ3v) is 17.8. The molecule has 5 aliphatic rings. The van der Waals surface area contributed by atoms with Crippen molar-refractivity contribution < 1.29 is 38.4 Å². The van der Waals surface area contributed by atoms with E-state index in [0.717, 1.165) is 29.3 Å². The summed E-state index contributed by atoms with van der Waals surface area (Å²) >= 11 is 0. The number of ketones is 1. The summed E-state index contributed by atoms with van der Waals surface area (Å²) in [5.41, 5.74) is -2.49. The van der Waals surface area contributed by atoms with Gasteiger partial charge in [-0.1, -0.05) is 77.1 Å². The van der Waals surface area contributed by atoms with Crippen molar-refractivity contribution in [1.82, 2.24) is 0 Å². The zero-order chi connectivity index (χ0) is 34.2. The molecule has 0 aromatic heterocycles. The van der Waals surface area contributed by atoms with E-state index in [4.69, 9.17) is 18.6 Å². The molecule has 6 rings (SSSR count). The predicted molar refractivity (Wildman–Crippen MR) is 180 cm³/mol. The maximum absolute atomic E-state index is 14.4. The molecule has 2 aliphatic carbocycles. The van der Waals surface area contributed by atoms with Gasteiger partial charge in [0.25, 0.3) is 0 Å². The van der Waals surface area contributed by atoms with Crippen LogP contribution in [0.25, 0.3) is 0 Å². The van der Waals surface area contributed by atoms with Gasteiger partial charge in [-0.25, -0.2) is 4.79 Å². The number of carbonyl (C=O) groups is 2. The van der Waals surface area contributed by atoms with E-state index in [2.05, 4.69) is 33.4 Å². The number of aliphatic hydroxyl groups excluding tert-OH is 1. The van der Waals surface area contributed by atoms with Gasteiger partial charge in [-0.15, -0.1) is 6.58 Å². The SMILES string of the molecule is C=C[C@H](O)[C@H]1[C@H](C)C(=O)[C@@]2(C)CC[C@]34C[C@]5(O[Si](CC)(CC)CC)C(=O)OC(C)(C)[C@@H]5CC=C3[C@H](OCc3ccccc3)[C@@](O)(O4)[C@@H]12. The normalized spacial score (nSPS) is 41.2. The van der Waals surface area contributed by atoms with Crippen molar-refractivity contribution in [2.45, 2.75) is 134 Å². The Morgan fingerprint density at radius 1 is 1.09 bits per heavy atom. The van der Waals surface area contributed by atoms with Crippen LogP contribution in [0.5, 0.6) is 0 Å². The highest BCUT2D eigenvalue weighted by Gasteiger charge is 2.77. The fourth-order valence-corrected chi connectivity index (χ4v) is 13.4. The van der Waals surface area contributed by atoms with E-state index in [-0.39, 0.29) is 30.7 Å². The average Bonchev–Trinajstić information content (AvgIpc) is 3.38. The Kier molecular flexibility index (Phi) is 8.67. The highest BCUT2D eigenvalue weighted by Crippen LogP contribution is 2.68. The Bertz CT molecular complexity index is 1430. The van der Waals surface area contributed by atoms with Crippen LogP contribution in [0.2, 0.25) is 18.1 Å². The lowest BCUT2D eigenvalue weighted by Crippen LogP contribution is -2.58. The minimum atomic E-state index is -2.38. The first-order chi connectivity index (χ1) is 22.1. The van der Waals surface area contributed by atoms with Crippen LogP contribution in [0.3, 0.4) is 0 Å².